The van der Waals surface area contributed by atoms with Crippen LogP contribution in [-0.4, -0.2) is 224 Å². The summed E-state index contributed by atoms with van der Waals surface area (Å²) in [6.07, 6.45) is 3.64. The lowest BCUT2D eigenvalue weighted by Gasteiger charge is -2.47. The normalized spacial score (nSPS) is 21.1. The summed E-state index contributed by atoms with van der Waals surface area (Å²) in [6, 6.07) is -10.9. The van der Waals surface area contributed by atoms with E-state index in [1.165, 1.54) is 23.1 Å². The number of carboxylic acids is 1. The number of aliphatic carboxylic acids is 1. The summed E-state index contributed by atoms with van der Waals surface area (Å²) in [7, 11) is 0. The van der Waals surface area contributed by atoms with E-state index in [1.807, 2.05) is 0 Å². The van der Waals surface area contributed by atoms with Crippen LogP contribution in [0.5, 0.6) is 0 Å². The highest BCUT2D eigenvalue weighted by Gasteiger charge is 2.43. The van der Waals surface area contributed by atoms with E-state index in [2.05, 4.69) is 53.2 Å². The van der Waals surface area contributed by atoms with Crippen LogP contribution in [0.4, 0.5) is 0 Å². The van der Waals surface area contributed by atoms with Gasteiger partial charge in [0.1, 0.15) is 48.1 Å². The molecule has 11 amide bonds. The van der Waals surface area contributed by atoms with Gasteiger partial charge in [-0.05, 0) is 101 Å². The van der Waals surface area contributed by atoms with Crippen molar-refractivity contribution in [3.63, 3.8) is 0 Å². The van der Waals surface area contributed by atoms with Gasteiger partial charge in [0.15, 0.2) is 11.5 Å². The van der Waals surface area contributed by atoms with E-state index in [1.54, 1.807) is 0 Å². The Morgan fingerprint density at radius 3 is 2.09 bits per heavy atom. The fourth-order valence-corrected chi connectivity index (χ4v) is 9.00. The minimum atomic E-state index is -1.69. The molecule has 0 aromatic rings. The predicted molar refractivity (Wildman–Crippen MR) is 280 cm³/mol. The lowest BCUT2D eigenvalue weighted by Crippen LogP contribution is -2.62. The average molecular weight is 1160 g/mol. The zero-order valence-electron chi connectivity index (χ0n) is 44.8. The molecule has 0 aromatic heterocycles. The number of aliphatic hydroxyl groups is 4. The predicted octanol–water partition coefficient (Wildman–Crippen LogP) is -6.30. The SMILES string of the molecule is NCCCCC(NC(=O)C(CO)NC(=O)C1CCNC2=C(NC(=O)CCC(=O)O)C=C3C=C(O)C(O)=CC3N21)C(=O)NCC(=O)NC(CCCN(O)C=O)C(=O)NC1CCCCNC(=O)C(CO)NC(=O)C(CCCN(O)C=O)NC1=O. The molecule has 8 atom stereocenters. The number of amides is 11. The number of carbonyl (C=O) groups is 12. The summed E-state index contributed by atoms with van der Waals surface area (Å²) in [5.41, 5.74) is 6.08. The van der Waals surface area contributed by atoms with E-state index >= 15 is 0 Å². The minimum Gasteiger partial charge on any atom is -0.504 e. The van der Waals surface area contributed by atoms with Crippen LogP contribution in [0.1, 0.15) is 83.5 Å². The largest absolute Gasteiger partial charge is 0.504 e. The van der Waals surface area contributed by atoms with Crippen LogP contribution in [-0.2, 0) is 57.5 Å². The van der Waals surface area contributed by atoms with Gasteiger partial charge in [0, 0.05) is 32.6 Å². The summed E-state index contributed by atoms with van der Waals surface area (Å²) < 4.78 is 0. The molecule has 2 fully saturated rings. The highest BCUT2D eigenvalue weighted by Crippen LogP contribution is 2.35. The Morgan fingerprint density at radius 2 is 1.41 bits per heavy atom. The smallest absolute Gasteiger partial charge is 0.303 e. The van der Waals surface area contributed by atoms with Crippen molar-refractivity contribution < 1.29 is 93.5 Å². The molecule has 33 heteroatoms. The second kappa shape index (κ2) is 33.4. The molecule has 3 aliphatic heterocycles. The second-order valence-corrected chi connectivity index (χ2v) is 19.4. The van der Waals surface area contributed by atoms with E-state index in [0.29, 0.717) is 17.1 Å². The number of nitrogens with zero attached hydrogens (tertiary/aromatic N) is 3. The number of rotatable bonds is 30. The topological polar surface area (TPSA) is 502 Å². The number of carbonyl (C=O) groups excluding carboxylic acids is 11. The summed E-state index contributed by atoms with van der Waals surface area (Å²) in [4.78, 5) is 157. The van der Waals surface area contributed by atoms with Gasteiger partial charge in [-0.25, -0.2) is 10.1 Å². The van der Waals surface area contributed by atoms with Crippen LogP contribution in [0.25, 0.3) is 0 Å². The highest BCUT2D eigenvalue weighted by molar-refractivity contribution is 5.97. The zero-order valence-corrected chi connectivity index (χ0v) is 44.8. The first-order valence-corrected chi connectivity index (χ1v) is 26.6. The van der Waals surface area contributed by atoms with E-state index in [0.717, 1.165) is 0 Å². The number of hydrogen-bond donors (Lipinski definition) is 18. The third kappa shape index (κ3) is 20.3. The third-order valence-corrected chi connectivity index (χ3v) is 13.3. The highest BCUT2D eigenvalue weighted by atomic mass is 16.5. The maximum atomic E-state index is 14.2. The van der Waals surface area contributed by atoms with Crippen LogP contribution in [0.15, 0.2) is 46.8 Å². The fourth-order valence-electron chi connectivity index (χ4n) is 9.00. The number of allylic oxidation sites excluding steroid dienone is 1. The first kappa shape index (κ1) is 66.1. The van der Waals surface area contributed by atoms with Crippen molar-refractivity contribution in [2.75, 3.05) is 52.5 Å². The molecule has 3 heterocycles. The molecule has 0 aromatic carbocycles. The Labute approximate surface area is 469 Å². The fraction of sp³-hybridized carbons (Fsp3) is 0.592. The van der Waals surface area contributed by atoms with Gasteiger partial charge in [0.05, 0.1) is 37.9 Å². The molecule has 0 radical (unpaired) electrons. The molecular formula is C49H74N14O19. The second-order valence-electron chi connectivity index (χ2n) is 19.4. The van der Waals surface area contributed by atoms with Gasteiger partial charge in [0.2, 0.25) is 66.0 Å². The van der Waals surface area contributed by atoms with Crippen molar-refractivity contribution in [2.45, 2.75) is 132 Å². The number of nitrogens with two attached hydrogens (primary N) is 1. The van der Waals surface area contributed by atoms with Crippen LogP contribution in [0.3, 0.4) is 0 Å². The molecule has 33 nitrogen and oxygen atoms in total. The molecule has 0 spiro atoms. The average Bonchev–Trinajstić information content (AvgIpc) is 1.58. The van der Waals surface area contributed by atoms with Crippen molar-refractivity contribution in [3.05, 3.63) is 46.8 Å². The number of aliphatic hydroxyl groups excluding tert-OH is 4. The molecule has 8 unspecified atom stereocenters. The van der Waals surface area contributed by atoms with Crippen LogP contribution in [0.2, 0.25) is 0 Å². The monoisotopic (exact) mass is 1160 g/mol. The van der Waals surface area contributed by atoms with Gasteiger partial charge < -0.3 is 89.3 Å². The van der Waals surface area contributed by atoms with E-state index in [-0.39, 0.29) is 126 Å². The van der Waals surface area contributed by atoms with Crippen LogP contribution in [0, 0.1) is 0 Å². The van der Waals surface area contributed by atoms with E-state index < -0.39 is 152 Å². The summed E-state index contributed by atoms with van der Waals surface area (Å²) >= 11 is 0. The third-order valence-electron chi connectivity index (χ3n) is 13.3. The number of nitrogens with one attached hydrogen (secondary N) is 10. The molecule has 454 valence electrons. The first-order valence-electron chi connectivity index (χ1n) is 26.6. The van der Waals surface area contributed by atoms with Crippen molar-refractivity contribution >= 4 is 72.0 Å². The molecule has 19 N–H and O–H groups in total. The Morgan fingerprint density at radius 1 is 0.732 bits per heavy atom. The first-order chi connectivity index (χ1) is 39.1. The minimum absolute atomic E-state index is 0.0433. The molecule has 0 bridgehead atoms. The maximum Gasteiger partial charge on any atom is 0.303 e. The van der Waals surface area contributed by atoms with E-state index in [4.69, 9.17) is 10.8 Å². The molecule has 82 heavy (non-hydrogen) atoms. The number of hydrogen-bond acceptors (Lipinski definition) is 21. The molecule has 0 saturated carbocycles. The summed E-state index contributed by atoms with van der Waals surface area (Å²) in [5, 5.41) is 95.5. The number of unbranched alkanes of at least 4 members (excludes halogenated alkanes) is 1. The standard InChI is InChI=1S/C49H74N14O19/c50-14-3-1-7-28(56-48(79)34(24-65)60-49(80)35-13-16-51-42-32(55-39(70)11-12-41(72)73)19-27-20-37(68)38(69)21-36(27)63(35)42)43(74)53-22-40(71)54-29(9-5-17-61(81)25-66)45(76)57-30-8-2-4-15-52-44(75)33(23-64)59-47(78)31(58-46(30)77)10-6-18-62(82)26-67/h19-21,25-26,28-31,33-36,51,64-65,68-69,81-82H,1-18,22-24,50H2,(H,52,75)(H,53,74)(H,54,71)(H,55,70)(H,56,79)(H,57,76)(H,58,77)(H,59,78)(H,60,80)(H,72,73). The van der Waals surface area contributed by atoms with Gasteiger partial charge >= 0.3 is 5.97 Å². The molecular weight excluding hydrogens is 1090 g/mol. The Balaban J connectivity index is 1.49. The van der Waals surface area contributed by atoms with Crippen molar-refractivity contribution in [1.29, 1.82) is 0 Å². The number of hydroxylamine groups is 4. The van der Waals surface area contributed by atoms with Crippen molar-refractivity contribution in [3.8, 4) is 0 Å². The zero-order chi connectivity index (χ0) is 60.5. The van der Waals surface area contributed by atoms with E-state index in [9.17, 15) is 88.4 Å². The Hall–Kier alpha value is -8.40. The summed E-state index contributed by atoms with van der Waals surface area (Å²) in [6.45, 7) is -2.82. The Bertz CT molecular complexity index is 2470. The molecule has 4 aliphatic rings. The van der Waals surface area contributed by atoms with Gasteiger partial charge in [-0.3, -0.25) is 67.9 Å². The van der Waals surface area contributed by atoms with Gasteiger partial charge in [-0.2, -0.15) is 0 Å². The van der Waals surface area contributed by atoms with Gasteiger partial charge in [-0.15, -0.1) is 0 Å². The molecule has 2 saturated heterocycles. The van der Waals surface area contributed by atoms with Crippen LogP contribution >= 0.6 is 0 Å². The lowest BCUT2D eigenvalue weighted by atomic mass is 9.90. The Kier molecular flexibility index (Phi) is 26.9. The molecule has 4 rings (SSSR count). The van der Waals surface area contributed by atoms with Gasteiger partial charge in [-0.1, -0.05) is 0 Å². The summed E-state index contributed by atoms with van der Waals surface area (Å²) in [5.74, 6) is -10.0. The van der Waals surface area contributed by atoms with Crippen molar-refractivity contribution in [2.24, 2.45) is 5.73 Å². The van der Waals surface area contributed by atoms with Gasteiger partial charge in [0.25, 0.3) is 0 Å². The lowest BCUT2D eigenvalue weighted by molar-refractivity contribution is -0.150. The number of fused-ring (bicyclic) bond motifs is 3. The van der Waals surface area contributed by atoms with Crippen LogP contribution < -0.4 is 58.9 Å². The quantitative estimate of drug-likeness (QED) is 0.0138. The van der Waals surface area contributed by atoms with Crippen molar-refractivity contribution in [1.82, 2.24) is 68.2 Å². The number of carboxylic acid groups (broad SMARTS) is 1. The maximum absolute atomic E-state index is 14.2. The molecule has 1 aliphatic carbocycles.